The average Bonchev–Trinajstić information content (AvgIpc) is 3.01. The molecule has 7 nitrogen and oxygen atoms in total. The van der Waals surface area contributed by atoms with E-state index in [2.05, 4.69) is 0 Å². The highest BCUT2D eigenvalue weighted by Crippen LogP contribution is 2.32. The fraction of sp³-hybridized carbons (Fsp3) is 0.167. The lowest BCUT2D eigenvalue weighted by Gasteiger charge is -2.24. The fourth-order valence-corrected chi connectivity index (χ4v) is 3.47. The van der Waals surface area contributed by atoms with Crippen molar-refractivity contribution in [3.8, 4) is 0 Å². The zero-order valence-corrected chi connectivity index (χ0v) is 15.2. The molecule has 2 aromatic heterocycles. The molecule has 0 saturated heterocycles. The van der Waals surface area contributed by atoms with Gasteiger partial charge in [0.25, 0.3) is 0 Å². The van der Waals surface area contributed by atoms with E-state index in [1.165, 1.54) is 27.2 Å². The number of carboxylic acid groups (broad SMARTS) is 1. The van der Waals surface area contributed by atoms with Crippen molar-refractivity contribution in [1.29, 1.82) is 0 Å². The summed E-state index contributed by atoms with van der Waals surface area (Å²) in [5.41, 5.74) is 0.687. The molecule has 0 aliphatic rings. The number of carbonyl (C=O) groups excluding carboxylic acids is 1. The summed E-state index contributed by atoms with van der Waals surface area (Å²) in [5.74, 6) is -1.35. The number of carboxylic acids is 1. The first-order chi connectivity index (χ1) is 12.3. The maximum absolute atomic E-state index is 12.7. The Morgan fingerprint density at radius 2 is 1.85 bits per heavy atom. The van der Waals surface area contributed by atoms with Crippen molar-refractivity contribution in [3.63, 3.8) is 0 Å². The lowest BCUT2D eigenvalue weighted by Crippen LogP contribution is -2.38. The summed E-state index contributed by atoms with van der Waals surface area (Å²) in [7, 11) is 3.28. The molecular formula is C18H16N2O5S. The second-order valence-electron chi connectivity index (χ2n) is 5.81. The molecule has 1 aromatic carbocycles. The number of hydrogen-bond donors (Lipinski definition) is 1. The zero-order valence-electron chi connectivity index (χ0n) is 14.3. The van der Waals surface area contributed by atoms with E-state index in [4.69, 9.17) is 9.52 Å². The van der Waals surface area contributed by atoms with Crippen LogP contribution in [0.25, 0.3) is 10.3 Å². The number of urea groups is 1. The van der Waals surface area contributed by atoms with E-state index in [1.54, 1.807) is 20.2 Å². The predicted molar refractivity (Wildman–Crippen MR) is 101 cm³/mol. The molecule has 8 heteroatoms. The number of aryl methyl sites for hydroxylation is 1. The first-order valence-corrected chi connectivity index (χ1v) is 8.48. The van der Waals surface area contributed by atoms with Gasteiger partial charge >= 0.3 is 17.6 Å². The normalized spacial score (nSPS) is 10.7. The topological polar surface area (TPSA) is 91.1 Å². The highest BCUT2D eigenvalue weighted by atomic mass is 32.1. The minimum atomic E-state index is -1.35. The molecule has 26 heavy (non-hydrogen) atoms. The summed E-state index contributed by atoms with van der Waals surface area (Å²) in [6.45, 7) is 1.94. The largest absolute Gasteiger partial charge is 0.477 e. The van der Waals surface area contributed by atoms with Crippen LogP contribution in [0.5, 0.6) is 0 Å². The van der Waals surface area contributed by atoms with Crippen LogP contribution < -0.4 is 15.4 Å². The van der Waals surface area contributed by atoms with Gasteiger partial charge < -0.3 is 9.52 Å². The van der Waals surface area contributed by atoms with Gasteiger partial charge in [0.15, 0.2) is 5.58 Å². The molecule has 0 bridgehead atoms. The summed E-state index contributed by atoms with van der Waals surface area (Å²) in [6, 6.07) is 10.1. The third kappa shape index (κ3) is 3.18. The van der Waals surface area contributed by atoms with E-state index < -0.39 is 17.2 Å². The molecule has 0 aliphatic heterocycles. The third-order valence-corrected chi connectivity index (χ3v) is 5.07. The number of nitrogens with zero attached hydrogens (tertiary/aromatic N) is 2. The maximum Gasteiger partial charge on any atom is 0.351 e. The van der Waals surface area contributed by atoms with Crippen molar-refractivity contribution in [3.05, 3.63) is 57.9 Å². The Bertz CT molecular complexity index is 1070. The predicted octanol–water partition coefficient (Wildman–Crippen LogP) is 3.55. The maximum atomic E-state index is 12.7. The molecule has 0 fully saturated rings. The Hall–Kier alpha value is -3.13. The van der Waals surface area contributed by atoms with E-state index in [0.717, 1.165) is 11.3 Å². The molecule has 3 aromatic rings. The van der Waals surface area contributed by atoms with Crippen LogP contribution >= 0.6 is 11.3 Å². The van der Waals surface area contributed by atoms with Gasteiger partial charge in [-0.25, -0.2) is 14.4 Å². The van der Waals surface area contributed by atoms with Crippen molar-refractivity contribution >= 4 is 44.3 Å². The number of aromatic carboxylic acids is 1. The Morgan fingerprint density at radius 1 is 1.12 bits per heavy atom. The van der Waals surface area contributed by atoms with Gasteiger partial charge in [0, 0.05) is 25.8 Å². The molecule has 0 radical (unpaired) electrons. The van der Waals surface area contributed by atoms with E-state index in [0.29, 0.717) is 9.70 Å². The van der Waals surface area contributed by atoms with Crippen LogP contribution in [0.2, 0.25) is 0 Å². The first-order valence-electron chi connectivity index (χ1n) is 7.67. The SMILES string of the molecule is Cc1cccc(N(C)C(=O)N(C)c2cc3oc(=O)c(C(=O)O)cc3s2)c1. The number of fused-ring (bicyclic) bond motifs is 1. The fourth-order valence-electron chi connectivity index (χ4n) is 2.48. The smallest absolute Gasteiger partial charge is 0.351 e. The molecule has 0 saturated carbocycles. The van der Waals surface area contributed by atoms with Crippen molar-refractivity contribution in [1.82, 2.24) is 0 Å². The number of hydrogen-bond acceptors (Lipinski definition) is 5. The Kier molecular flexibility index (Phi) is 4.52. The van der Waals surface area contributed by atoms with Crippen molar-refractivity contribution in [2.75, 3.05) is 23.9 Å². The van der Waals surface area contributed by atoms with Crippen molar-refractivity contribution < 1.29 is 19.1 Å². The molecule has 0 spiro atoms. The summed E-state index contributed by atoms with van der Waals surface area (Å²) in [6.07, 6.45) is 0. The van der Waals surface area contributed by atoms with Gasteiger partial charge in [-0.15, -0.1) is 11.3 Å². The van der Waals surface area contributed by atoms with E-state index >= 15 is 0 Å². The number of rotatable bonds is 3. The average molecular weight is 372 g/mol. The Morgan fingerprint density at radius 3 is 2.50 bits per heavy atom. The highest BCUT2D eigenvalue weighted by molar-refractivity contribution is 7.22. The second-order valence-corrected chi connectivity index (χ2v) is 6.87. The molecular weight excluding hydrogens is 356 g/mol. The van der Waals surface area contributed by atoms with Crippen LogP contribution in [-0.2, 0) is 0 Å². The van der Waals surface area contributed by atoms with Gasteiger partial charge in [-0.2, -0.15) is 0 Å². The van der Waals surface area contributed by atoms with E-state index in [-0.39, 0.29) is 11.6 Å². The first kappa shape index (κ1) is 17.7. The summed E-state index contributed by atoms with van der Waals surface area (Å²) < 4.78 is 5.53. The Labute approximate surface area is 152 Å². The molecule has 2 heterocycles. The molecule has 0 aliphatic carbocycles. The van der Waals surface area contributed by atoms with Gasteiger partial charge in [0.05, 0.1) is 4.70 Å². The van der Waals surface area contributed by atoms with Crippen LogP contribution in [0.1, 0.15) is 15.9 Å². The lowest BCUT2D eigenvalue weighted by atomic mass is 10.2. The Balaban J connectivity index is 1.94. The summed E-state index contributed by atoms with van der Waals surface area (Å²) in [4.78, 5) is 38.4. The molecule has 3 rings (SSSR count). The third-order valence-electron chi connectivity index (χ3n) is 3.93. The molecule has 0 unspecified atom stereocenters. The van der Waals surface area contributed by atoms with Gasteiger partial charge in [0.1, 0.15) is 10.6 Å². The van der Waals surface area contributed by atoms with Gasteiger partial charge in [-0.1, -0.05) is 12.1 Å². The van der Waals surface area contributed by atoms with Crippen molar-refractivity contribution in [2.24, 2.45) is 0 Å². The minimum absolute atomic E-state index is 0.248. The number of thiophene rings is 1. The van der Waals surface area contributed by atoms with Crippen molar-refractivity contribution in [2.45, 2.75) is 6.92 Å². The minimum Gasteiger partial charge on any atom is -0.477 e. The molecule has 0 atom stereocenters. The number of benzene rings is 1. The molecule has 134 valence electrons. The van der Waals surface area contributed by atoms with Crippen LogP contribution in [0.15, 0.2) is 45.6 Å². The number of carbonyl (C=O) groups is 2. The molecule has 2 amide bonds. The number of amides is 2. The van der Waals surface area contributed by atoms with Crippen LogP contribution in [-0.4, -0.2) is 31.2 Å². The monoisotopic (exact) mass is 372 g/mol. The van der Waals surface area contributed by atoms with Crippen LogP contribution in [0, 0.1) is 6.92 Å². The molecule has 1 N–H and O–H groups in total. The quantitative estimate of drug-likeness (QED) is 0.759. The highest BCUT2D eigenvalue weighted by Gasteiger charge is 2.21. The van der Waals surface area contributed by atoms with Crippen LogP contribution in [0.3, 0.4) is 0 Å². The van der Waals surface area contributed by atoms with Gasteiger partial charge in [-0.3, -0.25) is 9.80 Å². The van der Waals surface area contributed by atoms with E-state index in [1.807, 2.05) is 31.2 Å². The summed E-state index contributed by atoms with van der Waals surface area (Å²) >= 11 is 1.17. The van der Waals surface area contributed by atoms with Gasteiger partial charge in [0.2, 0.25) is 0 Å². The van der Waals surface area contributed by atoms with Crippen LogP contribution in [0.4, 0.5) is 15.5 Å². The second kappa shape index (κ2) is 6.64. The standard InChI is InChI=1S/C18H16N2O5S/c1-10-5-4-6-11(7-10)19(2)18(24)20(3)15-9-13-14(26-15)8-12(16(21)22)17(23)25-13/h4-9H,1-3H3,(H,21,22). The summed E-state index contributed by atoms with van der Waals surface area (Å²) in [5, 5.41) is 9.56. The lowest BCUT2D eigenvalue weighted by molar-refractivity contribution is 0.0692. The zero-order chi connectivity index (χ0) is 19.0. The van der Waals surface area contributed by atoms with E-state index in [9.17, 15) is 14.4 Å². The van der Waals surface area contributed by atoms with Gasteiger partial charge in [-0.05, 0) is 30.7 Å². The number of anilines is 2.